The number of furan rings is 2. The van der Waals surface area contributed by atoms with Gasteiger partial charge in [-0.1, -0.05) is 23.4 Å². The van der Waals surface area contributed by atoms with Gasteiger partial charge in [0.15, 0.2) is 5.76 Å². The van der Waals surface area contributed by atoms with Gasteiger partial charge in [-0.15, -0.1) is 0 Å². The fourth-order valence-electron chi connectivity index (χ4n) is 3.93. The van der Waals surface area contributed by atoms with Crippen molar-refractivity contribution in [3.8, 4) is 11.3 Å². The van der Waals surface area contributed by atoms with Crippen molar-refractivity contribution < 1.29 is 22.9 Å². The summed E-state index contributed by atoms with van der Waals surface area (Å²) in [6.45, 7) is 7.15. The first-order valence-corrected chi connectivity index (χ1v) is 10.3. The van der Waals surface area contributed by atoms with Crippen LogP contribution in [-0.4, -0.2) is 22.0 Å². The van der Waals surface area contributed by atoms with Crippen molar-refractivity contribution in [2.75, 3.05) is 0 Å². The number of benzene rings is 1. The number of amides is 2. The molecule has 9 heteroatoms. The lowest BCUT2D eigenvalue weighted by Gasteiger charge is -2.09. The zero-order valence-electron chi connectivity index (χ0n) is 18.4. The molecule has 4 heterocycles. The Morgan fingerprint density at radius 2 is 1.70 bits per heavy atom. The highest BCUT2D eigenvalue weighted by molar-refractivity contribution is 6.08. The first-order chi connectivity index (χ1) is 15.8. The molecule has 0 saturated carbocycles. The van der Waals surface area contributed by atoms with Crippen molar-refractivity contribution in [1.82, 2.24) is 21.0 Å². The van der Waals surface area contributed by atoms with Gasteiger partial charge in [-0.3, -0.25) is 20.4 Å². The first kappa shape index (κ1) is 20.5. The minimum atomic E-state index is -0.564. The van der Waals surface area contributed by atoms with Crippen LogP contribution in [0.4, 0.5) is 0 Å². The predicted molar refractivity (Wildman–Crippen MR) is 120 cm³/mol. The molecule has 1 aromatic carbocycles. The maximum Gasteiger partial charge on any atom is 0.305 e. The molecule has 33 heavy (non-hydrogen) atoms. The summed E-state index contributed by atoms with van der Waals surface area (Å²) in [6.07, 6.45) is 0. The Morgan fingerprint density at radius 3 is 2.42 bits per heavy atom. The van der Waals surface area contributed by atoms with E-state index in [1.54, 1.807) is 26.0 Å². The summed E-state index contributed by atoms with van der Waals surface area (Å²) >= 11 is 0. The van der Waals surface area contributed by atoms with E-state index in [1.807, 2.05) is 38.1 Å². The number of para-hydroxylation sites is 1. The number of carbonyl (C=O) groups is 2. The summed E-state index contributed by atoms with van der Waals surface area (Å²) in [6, 6.07) is 10.8. The van der Waals surface area contributed by atoms with Gasteiger partial charge in [0.2, 0.25) is 0 Å². The maximum atomic E-state index is 13.1. The highest BCUT2D eigenvalue weighted by Gasteiger charge is 2.23. The molecule has 166 valence electrons. The third kappa shape index (κ3) is 3.43. The third-order valence-electron chi connectivity index (χ3n) is 5.52. The summed E-state index contributed by atoms with van der Waals surface area (Å²) in [5, 5.41) is 5.23. The molecule has 0 bridgehead atoms. The second-order valence-corrected chi connectivity index (χ2v) is 7.79. The number of rotatable bonds is 3. The largest absolute Gasteiger partial charge is 0.466 e. The molecule has 0 unspecified atom stereocenters. The van der Waals surface area contributed by atoms with Crippen LogP contribution >= 0.6 is 0 Å². The van der Waals surface area contributed by atoms with E-state index in [2.05, 4.69) is 21.0 Å². The van der Waals surface area contributed by atoms with Crippen LogP contribution in [0.3, 0.4) is 0 Å². The molecule has 0 aliphatic heterocycles. The Kier molecular flexibility index (Phi) is 4.74. The second-order valence-electron chi connectivity index (χ2n) is 7.79. The highest BCUT2D eigenvalue weighted by Crippen LogP contribution is 2.30. The summed E-state index contributed by atoms with van der Waals surface area (Å²) < 4.78 is 16.6. The lowest BCUT2D eigenvalue weighted by molar-refractivity contribution is 0.0832. The van der Waals surface area contributed by atoms with Gasteiger partial charge in [-0.05, 0) is 45.9 Å². The monoisotopic (exact) mass is 444 g/mol. The van der Waals surface area contributed by atoms with Crippen molar-refractivity contribution in [2.24, 2.45) is 0 Å². The second kappa shape index (κ2) is 7.63. The number of aromatic nitrogens is 2. The van der Waals surface area contributed by atoms with Crippen LogP contribution in [0.15, 0.2) is 49.8 Å². The smallest absolute Gasteiger partial charge is 0.305 e. The van der Waals surface area contributed by atoms with Crippen molar-refractivity contribution in [2.45, 2.75) is 27.7 Å². The molecule has 0 aliphatic rings. The molecule has 0 aliphatic carbocycles. The van der Waals surface area contributed by atoms with E-state index in [0.717, 1.165) is 16.7 Å². The van der Waals surface area contributed by atoms with E-state index >= 15 is 0 Å². The summed E-state index contributed by atoms with van der Waals surface area (Å²) in [5.74, 6) is 0.400. The van der Waals surface area contributed by atoms with Crippen LogP contribution in [0.25, 0.3) is 33.3 Å². The van der Waals surface area contributed by atoms with Gasteiger partial charge in [-0.25, -0.2) is 4.98 Å². The molecule has 5 rings (SSSR count). The molecule has 5 aromatic rings. The normalized spacial score (nSPS) is 11.3. The predicted octanol–water partition coefficient (Wildman–Crippen LogP) is 4.54. The lowest BCUT2D eigenvalue weighted by atomic mass is 10.1. The molecule has 4 aromatic heterocycles. The number of pyridine rings is 1. The summed E-state index contributed by atoms with van der Waals surface area (Å²) in [4.78, 5) is 30.3. The van der Waals surface area contributed by atoms with Gasteiger partial charge in [0, 0.05) is 16.5 Å². The molecule has 2 amide bonds. The first-order valence-electron chi connectivity index (χ1n) is 10.3. The molecule has 2 N–H and O–H groups in total. The van der Waals surface area contributed by atoms with Gasteiger partial charge in [0.25, 0.3) is 11.6 Å². The van der Waals surface area contributed by atoms with Crippen LogP contribution in [0.2, 0.25) is 0 Å². The van der Waals surface area contributed by atoms with E-state index in [-0.39, 0.29) is 17.0 Å². The Bertz CT molecular complexity index is 1560. The van der Waals surface area contributed by atoms with Gasteiger partial charge in [0.05, 0.1) is 22.3 Å². The van der Waals surface area contributed by atoms with Crippen LogP contribution < -0.4 is 10.9 Å². The van der Waals surface area contributed by atoms with Gasteiger partial charge in [0.1, 0.15) is 17.1 Å². The number of hydrazine groups is 1. The Hall–Kier alpha value is -4.40. The number of fused-ring (bicyclic) bond motifs is 2. The third-order valence-corrected chi connectivity index (χ3v) is 5.52. The Morgan fingerprint density at radius 1 is 0.939 bits per heavy atom. The number of aryl methyl sites for hydroxylation is 4. The Balaban J connectivity index is 1.46. The van der Waals surface area contributed by atoms with Crippen molar-refractivity contribution >= 4 is 33.9 Å². The van der Waals surface area contributed by atoms with Crippen LogP contribution in [0.5, 0.6) is 0 Å². The number of nitrogens with one attached hydrogen (secondary N) is 2. The van der Waals surface area contributed by atoms with E-state index in [1.165, 1.54) is 0 Å². The number of carbonyl (C=O) groups excluding carboxylic acids is 2. The average Bonchev–Trinajstić information content (AvgIpc) is 3.46. The average molecular weight is 444 g/mol. The van der Waals surface area contributed by atoms with Gasteiger partial charge in [-0.2, -0.15) is 0 Å². The minimum absolute atomic E-state index is 0.128. The van der Waals surface area contributed by atoms with E-state index in [9.17, 15) is 9.59 Å². The Labute approximate surface area is 187 Å². The lowest BCUT2D eigenvalue weighted by Crippen LogP contribution is -2.41. The number of hydrogen-bond donors (Lipinski definition) is 2. The van der Waals surface area contributed by atoms with Crippen molar-refractivity contribution in [1.29, 1.82) is 0 Å². The summed E-state index contributed by atoms with van der Waals surface area (Å²) in [7, 11) is 0. The molecule has 0 atom stereocenters. The number of nitrogens with zero attached hydrogens (tertiary/aromatic N) is 2. The molecule has 9 nitrogen and oxygen atoms in total. The van der Waals surface area contributed by atoms with Crippen LogP contribution in [0.1, 0.15) is 43.7 Å². The zero-order chi connectivity index (χ0) is 23.3. The van der Waals surface area contributed by atoms with Crippen molar-refractivity contribution in [3.05, 3.63) is 70.5 Å². The maximum absolute atomic E-state index is 13.1. The molecule has 0 radical (unpaired) electrons. The van der Waals surface area contributed by atoms with Crippen LogP contribution in [-0.2, 0) is 0 Å². The molecule has 0 fully saturated rings. The topological polar surface area (TPSA) is 123 Å². The van der Waals surface area contributed by atoms with E-state index < -0.39 is 11.8 Å². The summed E-state index contributed by atoms with van der Waals surface area (Å²) in [5.41, 5.74) is 8.38. The molecular weight excluding hydrogens is 424 g/mol. The standard InChI is InChI=1S/C24H20N4O5/c1-11-9-16(14(4)31-11)18-10-17(20-13(3)28-33-24(20)25-18)22(29)26-27-23(30)21-12(2)15-7-5-6-8-19(15)32-21/h5-10H,1-4H3,(H,26,29)(H,27,30). The SMILES string of the molecule is Cc1cc(-c2cc(C(=O)NNC(=O)c3oc4ccccc4c3C)c3c(C)noc3n2)c(C)o1. The molecule has 0 spiro atoms. The van der Waals surface area contributed by atoms with Gasteiger partial charge < -0.3 is 13.4 Å². The number of hydrogen-bond acceptors (Lipinski definition) is 7. The van der Waals surface area contributed by atoms with E-state index in [0.29, 0.717) is 33.7 Å². The highest BCUT2D eigenvalue weighted by atomic mass is 16.5. The van der Waals surface area contributed by atoms with Crippen molar-refractivity contribution in [3.63, 3.8) is 0 Å². The molecule has 0 saturated heterocycles. The zero-order valence-corrected chi connectivity index (χ0v) is 18.4. The fourth-order valence-corrected chi connectivity index (χ4v) is 3.93. The van der Waals surface area contributed by atoms with Gasteiger partial charge >= 0.3 is 5.91 Å². The molecular formula is C24H20N4O5. The van der Waals surface area contributed by atoms with E-state index in [4.69, 9.17) is 13.4 Å². The minimum Gasteiger partial charge on any atom is -0.466 e. The fraction of sp³-hybridized carbons (Fsp3) is 0.167. The van der Waals surface area contributed by atoms with Crippen LogP contribution in [0, 0.1) is 27.7 Å². The quantitative estimate of drug-likeness (QED) is 0.392.